The van der Waals surface area contributed by atoms with E-state index in [0.29, 0.717) is 47.1 Å². The van der Waals surface area contributed by atoms with Crippen LogP contribution in [0.25, 0.3) is 0 Å². The Morgan fingerprint density at radius 2 is 1.84 bits per heavy atom. The van der Waals surface area contributed by atoms with Gasteiger partial charge in [0, 0.05) is 43.1 Å². The van der Waals surface area contributed by atoms with Gasteiger partial charge in [-0.1, -0.05) is 6.07 Å². The smallest absolute Gasteiger partial charge is 0.240 e. The number of hydrogen-bond acceptors (Lipinski definition) is 8. The summed E-state index contributed by atoms with van der Waals surface area (Å²) in [6.07, 6.45) is 1.58. The summed E-state index contributed by atoms with van der Waals surface area (Å²) in [5.41, 5.74) is 0.544. The number of rotatable bonds is 12. The first-order valence-electron chi connectivity index (χ1n) is 10.6. The molecule has 32 heavy (non-hydrogen) atoms. The summed E-state index contributed by atoms with van der Waals surface area (Å²) in [4.78, 5) is 11.0. The summed E-state index contributed by atoms with van der Waals surface area (Å²) in [5.74, 6) is 0.821. The summed E-state index contributed by atoms with van der Waals surface area (Å²) in [6.45, 7) is 11.1. The van der Waals surface area contributed by atoms with Crippen molar-refractivity contribution in [3.63, 3.8) is 0 Å². The highest BCUT2D eigenvalue weighted by molar-refractivity contribution is 9.10. The second kappa shape index (κ2) is 11.9. The summed E-state index contributed by atoms with van der Waals surface area (Å²) in [6, 6.07) is 6.98. The van der Waals surface area contributed by atoms with E-state index < -0.39 is 10.0 Å². The van der Waals surface area contributed by atoms with E-state index in [4.69, 9.17) is 0 Å². The second-order valence-electron chi connectivity index (χ2n) is 8.09. The Balaban J connectivity index is 2.10. The highest BCUT2D eigenvalue weighted by Gasteiger charge is 2.17. The lowest BCUT2D eigenvalue weighted by atomic mass is 10.2. The Morgan fingerprint density at radius 1 is 1.16 bits per heavy atom. The van der Waals surface area contributed by atoms with Crippen LogP contribution in [0, 0.1) is 0 Å². The zero-order chi connectivity index (χ0) is 23.9. The van der Waals surface area contributed by atoms with Gasteiger partial charge >= 0.3 is 0 Å². The van der Waals surface area contributed by atoms with Gasteiger partial charge in [-0.05, 0) is 68.7 Å². The maximum absolute atomic E-state index is 12.8. The number of aliphatic hydroxyl groups is 1. The van der Waals surface area contributed by atoms with E-state index in [-0.39, 0.29) is 17.5 Å². The number of aliphatic hydroxyl groups excluding tert-OH is 1. The lowest BCUT2D eigenvalue weighted by molar-refractivity contribution is 0.179. The van der Waals surface area contributed by atoms with Gasteiger partial charge in [0.15, 0.2) is 0 Å². The van der Waals surface area contributed by atoms with Crippen LogP contribution < -0.4 is 15.4 Å². The van der Waals surface area contributed by atoms with Crippen LogP contribution in [0.2, 0.25) is 0 Å². The van der Waals surface area contributed by atoms with Crippen LogP contribution >= 0.6 is 15.9 Å². The molecule has 0 fully saturated rings. The first kappa shape index (κ1) is 26.5. The Hall–Kier alpha value is -1.79. The van der Waals surface area contributed by atoms with Crippen LogP contribution in [0.1, 0.15) is 34.6 Å². The first-order chi connectivity index (χ1) is 15.0. The predicted molar refractivity (Wildman–Crippen MR) is 132 cm³/mol. The molecule has 0 unspecified atom stereocenters. The van der Waals surface area contributed by atoms with Gasteiger partial charge in [-0.15, -0.1) is 0 Å². The first-order valence-corrected chi connectivity index (χ1v) is 12.8. The molecule has 1 atom stereocenters. The van der Waals surface area contributed by atoms with Gasteiger partial charge in [-0.2, -0.15) is 4.98 Å². The molecule has 178 valence electrons. The summed E-state index contributed by atoms with van der Waals surface area (Å²) in [7, 11) is -3.66. The van der Waals surface area contributed by atoms with E-state index in [2.05, 4.69) is 73.8 Å². The molecule has 2 aromatic rings. The van der Waals surface area contributed by atoms with Crippen molar-refractivity contribution in [1.29, 1.82) is 0 Å². The molecule has 11 heteroatoms. The van der Waals surface area contributed by atoms with Crippen molar-refractivity contribution in [2.24, 2.45) is 0 Å². The largest absolute Gasteiger partial charge is 0.394 e. The molecule has 1 heterocycles. The number of aromatic nitrogens is 2. The molecule has 0 aliphatic carbocycles. The fourth-order valence-electron chi connectivity index (χ4n) is 3.18. The SMILES string of the molecule is CC(C)N(CCNS(=O)(=O)c1cccc(Nc2ncc(Br)c(N[C@H](C)CO)n2)c1)C(C)C. The number of hydrogen-bond donors (Lipinski definition) is 4. The third-order valence-electron chi connectivity index (χ3n) is 4.79. The third-order valence-corrected chi connectivity index (χ3v) is 6.83. The molecule has 1 aromatic heterocycles. The van der Waals surface area contributed by atoms with E-state index in [9.17, 15) is 13.5 Å². The van der Waals surface area contributed by atoms with E-state index in [0.717, 1.165) is 0 Å². The molecule has 0 aliphatic rings. The average molecular weight is 530 g/mol. The quantitative estimate of drug-likeness (QED) is 0.331. The molecule has 4 N–H and O–H groups in total. The molecule has 0 aliphatic heterocycles. The van der Waals surface area contributed by atoms with Gasteiger partial charge in [0.05, 0.1) is 16.0 Å². The highest BCUT2D eigenvalue weighted by atomic mass is 79.9. The molecule has 0 radical (unpaired) electrons. The number of halogens is 1. The minimum Gasteiger partial charge on any atom is -0.394 e. The fourth-order valence-corrected chi connectivity index (χ4v) is 4.55. The molecule has 9 nitrogen and oxygen atoms in total. The van der Waals surface area contributed by atoms with Gasteiger partial charge < -0.3 is 15.7 Å². The minimum atomic E-state index is -3.66. The maximum Gasteiger partial charge on any atom is 0.240 e. The molecule has 0 bridgehead atoms. The lowest BCUT2D eigenvalue weighted by Gasteiger charge is -2.30. The zero-order valence-corrected chi connectivity index (χ0v) is 21.5. The molecular weight excluding hydrogens is 496 g/mol. The fraction of sp³-hybridized carbons (Fsp3) is 0.524. The van der Waals surface area contributed by atoms with Crippen molar-refractivity contribution in [3.8, 4) is 0 Å². The lowest BCUT2D eigenvalue weighted by Crippen LogP contribution is -2.42. The number of nitrogens with zero attached hydrogens (tertiary/aromatic N) is 3. The number of anilines is 3. The van der Waals surface area contributed by atoms with Crippen molar-refractivity contribution in [2.45, 2.75) is 57.6 Å². The van der Waals surface area contributed by atoms with Crippen LogP contribution in [0.5, 0.6) is 0 Å². The Kier molecular flexibility index (Phi) is 9.83. The van der Waals surface area contributed by atoms with Crippen LogP contribution in [0.4, 0.5) is 17.5 Å². The molecule has 0 spiro atoms. The molecule has 2 rings (SSSR count). The van der Waals surface area contributed by atoms with Gasteiger partial charge in [-0.3, -0.25) is 4.90 Å². The minimum absolute atomic E-state index is 0.0434. The van der Waals surface area contributed by atoms with Gasteiger partial charge in [0.2, 0.25) is 16.0 Å². The molecule has 1 aromatic carbocycles. The van der Waals surface area contributed by atoms with Crippen molar-refractivity contribution in [2.75, 3.05) is 30.3 Å². The molecule has 0 saturated heterocycles. The van der Waals surface area contributed by atoms with Crippen molar-refractivity contribution >= 4 is 43.4 Å². The Morgan fingerprint density at radius 3 is 2.47 bits per heavy atom. The number of benzene rings is 1. The van der Waals surface area contributed by atoms with Gasteiger partial charge in [-0.25, -0.2) is 18.1 Å². The molecule has 0 saturated carbocycles. The van der Waals surface area contributed by atoms with Crippen LogP contribution in [-0.4, -0.2) is 66.2 Å². The second-order valence-corrected chi connectivity index (χ2v) is 10.7. The van der Waals surface area contributed by atoms with E-state index >= 15 is 0 Å². The summed E-state index contributed by atoms with van der Waals surface area (Å²) >= 11 is 3.38. The maximum atomic E-state index is 12.8. The average Bonchev–Trinajstić information content (AvgIpc) is 2.73. The summed E-state index contributed by atoms with van der Waals surface area (Å²) in [5, 5.41) is 15.3. The number of sulfonamides is 1. The predicted octanol–water partition coefficient (Wildman–Crippen LogP) is 3.17. The van der Waals surface area contributed by atoms with E-state index in [1.54, 1.807) is 30.5 Å². The Labute approximate surface area is 199 Å². The van der Waals surface area contributed by atoms with Crippen LogP contribution in [0.15, 0.2) is 39.8 Å². The van der Waals surface area contributed by atoms with Gasteiger partial charge in [0.25, 0.3) is 0 Å². The standard InChI is InChI=1S/C21H33BrN6O3S/c1-14(2)28(15(3)4)10-9-24-32(30,31)18-8-6-7-17(11-18)26-21-23-12-19(22)20(27-21)25-16(5)13-29/h6-8,11-12,14-16,24,29H,9-10,13H2,1-5H3,(H2,23,25,26,27)/t16-/m1/s1. The van der Waals surface area contributed by atoms with E-state index in [1.165, 1.54) is 0 Å². The normalized spacial score (nSPS) is 13.1. The van der Waals surface area contributed by atoms with Crippen LogP contribution in [-0.2, 0) is 10.0 Å². The van der Waals surface area contributed by atoms with Crippen molar-refractivity contribution in [1.82, 2.24) is 19.6 Å². The van der Waals surface area contributed by atoms with Crippen LogP contribution in [0.3, 0.4) is 0 Å². The number of nitrogens with one attached hydrogen (secondary N) is 3. The van der Waals surface area contributed by atoms with Crippen molar-refractivity contribution < 1.29 is 13.5 Å². The third kappa shape index (κ3) is 7.66. The summed E-state index contributed by atoms with van der Waals surface area (Å²) < 4.78 is 28.9. The Bertz CT molecular complexity index is 979. The molecule has 0 amide bonds. The molecular formula is C21H33BrN6O3S. The van der Waals surface area contributed by atoms with Gasteiger partial charge in [0.1, 0.15) is 5.82 Å². The van der Waals surface area contributed by atoms with Crippen molar-refractivity contribution in [3.05, 3.63) is 34.9 Å². The zero-order valence-electron chi connectivity index (χ0n) is 19.1. The van der Waals surface area contributed by atoms with E-state index in [1.807, 2.05) is 6.92 Å². The monoisotopic (exact) mass is 528 g/mol. The highest BCUT2D eigenvalue weighted by Crippen LogP contribution is 2.23. The topological polar surface area (TPSA) is 119 Å².